The molecule has 2 N–H and O–H groups in total. The van der Waals surface area contributed by atoms with E-state index >= 15 is 0 Å². The van der Waals surface area contributed by atoms with Crippen LogP contribution in [-0.2, 0) is 0 Å². The smallest absolute Gasteiger partial charge is 0.254 e. The number of pyridine rings is 1. The van der Waals surface area contributed by atoms with Gasteiger partial charge in [0.05, 0.1) is 16.8 Å². The van der Waals surface area contributed by atoms with Crippen LogP contribution in [0.25, 0.3) is 33.1 Å². The molecule has 1 fully saturated rings. The highest BCUT2D eigenvalue weighted by atomic mass is 127. The van der Waals surface area contributed by atoms with Crippen molar-refractivity contribution in [2.45, 2.75) is 0 Å². The summed E-state index contributed by atoms with van der Waals surface area (Å²) in [7, 11) is 0. The molecule has 5 nitrogen and oxygen atoms in total. The highest BCUT2D eigenvalue weighted by molar-refractivity contribution is 14.1. The lowest BCUT2D eigenvalue weighted by Gasteiger charge is -2.28. The second-order valence-corrected chi connectivity index (χ2v) is 9.31. The largest absolute Gasteiger partial charge is 0.360 e. The second-order valence-electron chi connectivity index (χ2n) is 7.15. The highest BCUT2D eigenvalue weighted by Gasteiger charge is 2.22. The fourth-order valence-corrected chi connectivity index (χ4v) is 4.71. The van der Waals surface area contributed by atoms with Gasteiger partial charge in [0.15, 0.2) is 0 Å². The van der Waals surface area contributed by atoms with Gasteiger partial charge in [0.25, 0.3) is 5.91 Å². The van der Waals surface area contributed by atoms with Crippen LogP contribution in [0.5, 0.6) is 0 Å². The van der Waals surface area contributed by atoms with E-state index < -0.39 is 0 Å². The van der Waals surface area contributed by atoms with E-state index in [0.717, 1.165) is 72.8 Å². The zero-order chi connectivity index (χ0) is 20.0. The lowest BCUT2D eigenvalue weighted by molar-refractivity contribution is 0.0738. The van der Waals surface area contributed by atoms with Crippen molar-refractivity contribution in [3.8, 4) is 11.3 Å². The first-order valence-electron chi connectivity index (χ1n) is 9.47. The fourth-order valence-electron chi connectivity index (χ4n) is 3.86. The summed E-state index contributed by atoms with van der Waals surface area (Å²) in [5.41, 5.74) is 4.40. The third-order valence-electron chi connectivity index (χ3n) is 5.33. The number of hydrogen-bond acceptors (Lipinski definition) is 3. The van der Waals surface area contributed by atoms with Gasteiger partial charge < -0.3 is 15.2 Å². The Bertz CT molecular complexity index is 1250. The Labute approximate surface area is 190 Å². The molecule has 5 rings (SSSR count). The van der Waals surface area contributed by atoms with Crippen LogP contribution in [0.3, 0.4) is 0 Å². The topological polar surface area (TPSA) is 61.0 Å². The minimum Gasteiger partial charge on any atom is -0.360 e. The second kappa shape index (κ2) is 7.70. The Balaban J connectivity index is 1.71. The number of hydrogen-bond donors (Lipinski definition) is 2. The van der Waals surface area contributed by atoms with E-state index in [4.69, 9.17) is 4.98 Å². The summed E-state index contributed by atoms with van der Waals surface area (Å²) in [6, 6.07) is 14.2. The van der Waals surface area contributed by atoms with Crippen LogP contribution in [0.2, 0.25) is 0 Å². The summed E-state index contributed by atoms with van der Waals surface area (Å²) >= 11 is 5.84. The molecule has 1 aliphatic heterocycles. The van der Waals surface area contributed by atoms with Crippen molar-refractivity contribution in [3.05, 3.63) is 62.3 Å². The van der Waals surface area contributed by atoms with E-state index in [2.05, 4.69) is 54.9 Å². The van der Waals surface area contributed by atoms with E-state index in [1.807, 2.05) is 47.5 Å². The summed E-state index contributed by atoms with van der Waals surface area (Å²) < 4.78 is 2.10. The first kappa shape index (κ1) is 19.0. The predicted molar refractivity (Wildman–Crippen MR) is 128 cm³/mol. The quantitative estimate of drug-likeness (QED) is 0.346. The first-order chi connectivity index (χ1) is 14.1. The summed E-state index contributed by atoms with van der Waals surface area (Å²) in [4.78, 5) is 23.6. The number of carbonyl (C=O) groups excluding carboxylic acids is 1. The summed E-state index contributed by atoms with van der Waals surface area (Å²) in [5.74, 6) is 0.0724. The van der Waals surface area contributed by atoms with Gasteiger partial charge in [-0.2, -0.15) is 0 Å². The Kier molecular flexibility index (Phi) is 5.05. The molecule has 0 unspecified atom stereocenters. The molecule has 0 atom stereocenters. The third-order valence-corrected chi connectivity index (χ3v) is 6.49. The molecule has 3 heterocycles. The third kappa shape index (κ3) is 3.55. The average Bonchev–Trinajstić information content (AvgIpc) is 3.16. The van der Waals surface area contributed by atoms with E-state index in [0.29, 0.717) is 0 Å². The average molecular weight is 561 g/mol. The molecule has 2 aromatic heterocycles. The number of benzene rings is 2. The molecule has 0 spiro atoms. The van der Waals surface area contributed by atoms with Gasteiger partial charge in [-0.1, -0.05) is 15.9 Å². The number of nitrogens with zero attached hydrogens (tertiary/aromatic N) is 2. The number of carbonyl (C=O) groups is 1. The number of aromatic nitrogens is 2. The molecule has 0 radical (unpaired) electrons. The number of rotatable bonds is 2. The molecular weight excluding hydrogens is 543 g/mol. The number of fused-ring (bicyclic) bond motifs is 2. The van der Waals surface area contributed by atoms with Crippen molar-refractivity contribution >= 4 is 66.2 Å². The Morgan fingerprint density at radius 2 is 1.90 bits per heavy atom. The molecule has 0 saturated carbocycles. The normalized spacial score (nSPS) is 14.6. The maximum atomic E-state index is 13.4. The lowest BCUT2D eigenvalue weighted by atomic mass is 10.0. The van der Waals surface area contributed by atoms with E-state index in [1.165, 1.54) is 0 Å². The predicted octanol–water partition coefficient (Wildman–Crippen LogP) is 4.80. The van der Waals surface area contributed by atoms with Gasteiger partial charge in [-0.3, -0.25) is 4.79 Å². The van der Waals surface area contributed by atoms with Crippen molar-refractivity contribution in [3.63, 3.8) is 0 Å². The highest BCUT2D eigenvalue weighted by Crippen LogP contribution is 2.33. The molecule has 4 aromatic rings. The van der Waals surface area contributed by atoms with Gasteiger partial charge in [-0.05, 0) is 65.1 Å². The van der Waals surface area contributed by atoms with Gasteiger partial charge in [0.1, 0.15) is 0 Å². The molecule has 1 saturated heterocycles. The monoisotopic (exact) mass is 560 g/mol. The minimum absolute atomic E-state index is 0.0724. The van der Waals surface area contributed by atoms with Gasteiger partial charge in [-0.15, -0.1) is 0 Å². The summed E-state index contributed by atoms with van der Waals surface area (Å²) in [6.45, 7) is 3.11. The van der Waals surface area contributed by atoms with Crippen LogP contribution in [0.4, 0.5) is 0 Å². The Morgan fingerprint density at radius 1 is 1.07 bits per heavy atom. The number of aromatic amines is 1. The fraction of sp³-hybridized carbons (Fsp3) is 0.182. The van der Waals surface area contributed by atoms with Crippen molar-refractivity contribution in [2.75, 3.05) is 26.2 Å². The van der Waals surface area contributed by atoms with E-state index in [-0.39, 0.29) is 5.91 Å². The molecule has 0 bridgehead atoms. The van der Waals surface area contributed by atoms with Gasteiger partial charge in [-0.25, -0.2) is 4.98 Å². The standard InChI is InChI=1S/C22H18BrIN4O/c23-13-1-3-19-15(9-13)18(12-26-19)21-11-17(22(29)28-7-5-25-6-8-28)16-10-14(24)2-4-20(16)27-21/h1-4,9-12,25-26H,5-8H2. The number of nitrogens with one attached hydrogen (secondary N) is 2. The Hall–Kier alpha value is -1.97. The molecule has 1 aliphatic rings. The minimum atomic E-state index is 0.0724. The molecular formula is C22H18BrIN4O. The van der Waals surface area contributed by atoms with Crippen molar-refractivity contribution < 1.29 is 4.79 Å². The number of H-pyrrole nitrogens is 1. The SMILES string of the molecule is O=C(c1cc(-c2c[nH]c3ccc(Br)cc23)nc2ccc(I)cc12)N1CCNCC1. The number of halogens is 2. The van der Waals surface area contributed by atoms with Crippen molar-refractivity contribution in [2.24, 2.45) is 0 Å². The zero-order valence-corrected chi connectivity index (χ0v) is 19.2. The number of amides is 1. The molecule has 2 aromatic carbocycles. The van der Waals surface area contributed by atoms with E-state index in [1.54, 1.807) is 0 Å². The van der Waals surface area contributed by atoms with Crippen molar-refractivity contribution in [1.29, 1.82) is 0 Å². The molecule has 1 amide bonds. The zero-order valence-electron chi connectivity index (χ0n) is 15.5. The van der Waals surface area contributed by atoms with Gasteiger partial charge in [0, 0.05) is 62.3 Å². The maximum Gasteiger partial charge on any atom is 0.254 e. The lowest BCUT2D eigenvalue weighted by Crippen LogP contribution is -2.46. The first-order valence-corrected chi connectivity index (χ1v) is 11.3. The maximum absolute atomic E-state index is 13.4. The van der Waals surface area contributed by atoms with Crippen LogP contribution < -0.4 is 5.32 Å². The van der Waals surface area contributed by atoms with E-state index in [9.17, 15) is 4.79 Å². The molecule has 7 heteroatoms. The van der Waals surface area contributed by atoms with Crippen LogP contribution in [0.1, 0.15) is 10.4 Å². The van der Waals surface area contributed by atoms with Crippen LogP contribution in [0.15, 0.2) is 53.1 Å². The van der Waals surface area contributed by atoms with Gasteiger partial charge >= 0.3 is 0 Å². The van der Waals surface area contributed by atoms with Crippen LogP contribution in [0, 0.1) is 3.57 Å². The summed E-state index contributed by atoms with van der Waals surface area (Å²) in [5, 5.41) is 5.30. The van der Waals surface area contributed by atoms with Crippen LogP contribution >= 0.6 is 38.5 Å². The molecule has 146 valence electrons. The van der Waals surface area contributed by atoms with Crippen molar-refractivity contribution in [1.82, 2.24) is 20.2 Å². The number of piperazine rings is 1. The van der Waals surface area contributed by atoms with Crippen LogP contribution in [-0.4, -0.2) is 47.0 Å². The van der Waals surface area contributed by atoms with Gasteiger partial charge in [0.2, 0.25) is 0 Å². The summed E-state index contributed by atoms with van der Waals surface area (Å²) in [6.07, 6.45) is 1.97. The Morgan fingerprint density at radius 3 is 2.72 bits per heavy atom. The molecule has 0 aliphatic carbocycles. The molecule has 29 heavy (non-hydrogen) atoms.